The van der Waals surface area contributed by atoms with Crippen LogP contribution in [0, 0.1) is 0 Å². The van der Waals surface area contributed by atoms with E-state index < -0.39 is 0 Å². The van der Waals surface area contributed by atoms with Crippen LogP contribution in [-0.4, -0.2) is 30.6 Å². The Bertz CT molecular complexity index is 554. The molecule has 0 radical (unpaired) electrons. The predicted molar refractivity (Wildman–Crippen MR) is 81.6 cm³/mol. The van der Waals surface area contributed by atoms with Crippen LogP contribution in [0.2, 0.25) is 0 Å². The molecule has 102 valence electrons. The molecule has 0 spiro atoms. The van der Waals surface area contributed by atoms with Crippen LogP contribution in [0.4, 0.5) is 0 Å². The number of rotatable bonds is 4. The number of nitrogens with zero attached hydrogens (tertiary/aromatic N) is 1. The Balaban J connectivity index is 1.92. The maximum atomic E-state index is 4.20. The lowest BCUT2D eigenvalue weighted by Gasteiger charge is -2.14. The fourth-order valence-corrected chi connectivity index (χ4v) is 2.12. The zero-order valence-corrected chi connectivity index (χ0v) is 11.8. The van der Waals surface area contributed by atoms with E-state index in [2.05, 4.69) is 64.9 Å². The lowest BCUT2D eigenvalue weighted by atomic mass is 10.1. The van der Waals surface area contributed by atoms with Crippen LogP contribution in [0.1, 0.15) is 19.4 Å². The first-order valence-corrected chi connectivity index (χ1v) is 6.73. The monoisotopic (exact) mass is 258 g/mol. The molecule has 0 bridgehead atoms. The van der Waals surface area contributed by atoms with Crippen LogP contribution in [-0.2, 0) is 6.42 Å². The first-order chi connectivity index (χ1) is 9.20. The van der Waals surface area contributed by atoms with Crippen LogP contribution >= 0.6 is 0 Å². The number of hydrogen-bond acceptors (Lipinski definition) is 1. The van der Waals surface area contributed by atoms with Crippen molar-refractivity contribution in [2.45, 2.75) is 26.3 Å². The van der Waals surface area contributed by atoms with Crippen molar-refractivity contribution in [1.82, 2.24) is 15.6 Å². The fraction of sp³-hybridized carbons (Fsp3) is 0.400. The molecule has 1 heterocycles. The van der Waals surface area contributed by atoms with E-state index in [0.717, 1.165) is 18.9 Å². The Hall–Kier alpha value is -1.97. The molecule has 1 aromatic heterocycles. The van der Waals surface area contributed by atoms with Gasteiger partial charge in [-0.25, -0.2) is 0 Å². The van der Waals surface area contributed by atoms with E-state index in [-0.39, 0.29) is 0 Å². The molecule has 0 amide bonds. The minimum Gasteiger partial charge on any atom is -0.361 e. The highest BCUT2D eigenvalue weighted by atomic mass is 15.2. The zero-order chi connectivity index (χ0) is 13.7. The highest BCUT2D eigenvalue weighted by molar-refractivity contribution is 5.83. The van der Waals surface area contributed by atoms with Gasteiger partial charge in [0.2, 0.25) is 0 Å². The van der Waals surface area contributed by atoms with Crippen molar-refractivity contribution in [1.29, 1.82) is 0 Å². The number of aromatic amines is 1. The summed E-state index contributed by atoms with van der Waals surface area (Å²) in [7, 11) is 1.80. The number of H-pyrrole nitrogens is 1. The number of hydrogen-bond donors (Lipinski definition) is 3. The van der Waals surface area contributed by atoms with Gasteiger partial charge in [-0.3, -0.25) is 4.99 Å². The summed E-state index contributed by atoms with van der Waals surface area (Å²) in [5.41, 5.74) is 2.53. The fourth-order valence-electron chi connectivity index (χ4n) is 2.12. The molecule has 0 aliphatic heterocycles. The number of fused-ring (bicyclic) bond motifs is 1. The maximum absolute atomic E-state index is 4.20. The van der Waals surface area contributed by atoms with Crippen molar-refractivity contribution in [3.8, 4) is 0 Å². The largest absolute Gasteiger partial charge is 0.361 e. The summed E-state index contributed by atoms with van der Waals surface area (Å²) < 4.78 is 0. The molecule has 3 N–H and O–H groups in total. The van der Waals surface area contributed by atoms with Gasteiger partial charge in [-0.2, -0.15) is 0 Å². The molecule has 0 unspecified atom stereocenters. The number of para-hydroxylation sites is 1. The topological polar surface area (TPSA) is 52.2 Å². The first-order valence-electron chi connectivity index (χ1n) is 6.73. The maximum Gasteiger partial charge on any atom is 0.191 e. The Labute approximate surface area is 114 Å². The lowest BCUT2D eigenvalue weighted by molar-refractivity contribution is 0.698. The molecular weight excluding hydrogens is 236 g/mol. The smallest absolute Gasteiger partial charge is 0.191 e. The Morgan fingerprint density at radius 3 is 2.84 bits per heavy atom. The second-order valence-corrected chi connectivity index (χ2v) is 4.91. The van der Waals surface area contributed by atoms with E-state index in [0.29, 0.717) is 6.04 Å². The highest BCUT2D eigenvalue weighted by Crippen LogP contribution is 2.17. The van der Waals surface area contributed by atoms with Crippen molar-refractivity contribution in [2.24, 2.45) is 4.99 Å². The van der Waals surface area contributed by atoms with Gasteiger partial charge in [0.05, 0.1) is 0 Å². The first kappa shape index (κ1) is 13.5. The van der Waals surface area contributed by atoms with Gasteiger partial charge < -0.3 is 15.6 Å². The molecule has 0 saturated carbocycles. The molecule has 0 atom stereocenters. The Kier molecular flexibility index (Phi) is 4.44. The summed E-state index contributed by atoms with van der Waals surface area (Å²) in [4.78, 5) is 7.49. The zero-order valence-electron chi connectivity index (χ0n) is 11.8. The van der Waals surface area contributed by atoms with Crippen molar-refractivity contribution in [3.05, 3.63) is 36.0 Å². The summed E-state index contributed by atoms with van der Waals surface area (Å²) >= 11 is 0. The van der Waals surface area contributed by atoms with Gasteiger partial charge in [-0.15, -0.1) is 0 Å². The third-order valence-electron chi connectivity index (χ3n) is 3.01. The molecule has 19 heavy (non-hydrogen) atoms. The van der Waals surface area contributed by atoms with E-state index in [4.69, 9.17) is 0 Å². The molecule has 4 heteroatoms. The third kappa shape index (κ3) is 3.50. The van der Waals surface area contributed by atoms with E-state index in [1.807, 2.05) is 0 Å². The number of guanidine groups is 1. The van der Waals surface area contributed by atoms with Crippen molar-refractivity contribution in [2.75, 3.05) is 13.6 Å². The average molecular weight is 258 g/mol. The van der Waals surface area contributed by atoms with Gasteiger partial charge in [-0.1, -0.05) is 18.2 Å². The van der Waals surface area contributed by atoms with Gasteiger partial charge >= 0.3 is 0 Å². The molecule has 0 aliphatic rings. The predicted octanol–water partition coefficient (Wildman–Crippen LogP) is 2.28. The van der Waals surface area contributed by atoms with E-state index in [1.54, 1.807) is 7.05 Å². The summed E-state index contributed by atoms with van der Waals surface area (Å²) in [5.74, 6) is 0.856. The summed E-state index contributed by atoms with van der Waals surface area (Å²) in [5, 5.41) is 7.91. The molecule has 0 saturated heterocycles. The molecule has 2 rings (SSSR count). The molecule has 1 aromatic carbocycles. The van der Waals surface area contributed by atoms with Crippen molar-refractivity contribution >= 4 is 16.9 Å². The van der Waals surface area contributed by atoms with Gasteiger partial charge in [0, 0.05) is 36.7 Å². The second-order valence-electron chi connectivity index (χ2n) is 4.91. The molecule has 4 nitrogen and oxygen atoms in total. The average Bonchev–Trinajstić information content (AvgIpc) is 2.81. The second kappa shape index (κ2) is 6.27. The summed E-state index contributed by atoms with van der Waals surface area (Å²) in [6.07, 6.45) is 3.06. The SMILES string of the molecule is CN=C(NCCc1c[nH]c2ccccc12)NC(C)C. The lowest BCUT2D eigenvalue weighted by Crippen LogP contribution is -2.41. The quantitative estimate of drug-likeness (QED) is 0.582. The minimum absolute atomic E-state index is 0.388. The van der Waals surface area contributed by atoms with Gasteiger partial charge in [0.1, 0.15) is 0 Å². The summed E-state index contributed by atoms with van der Waals surface area (Å²) in [6, 6.07) is 8.77. The molecule has 0 fully saturated rings. The third-order valence-corrected chi connectivity index (χ3v) is 3.01. The van der Waals surface area contributed by atoms with Crippen LogP contribution in [0.25, 0.3) is 10.9 Å². The number of benzene rings is 1. The van der Waals surface area contributed by atoms with E-state index >= 15 is 0 Å². The summed E-state index contributed by atoms with van der Waals surface area (Å²) in [6.45, 7) is 5.08. The number of aliphatic imine (C=N–C) groups is 1. The number of nitrogens with one attached hydrogen (secondary N) is 3. The van der Waals surface area contributed by atoms with Crippen LogP contribution in [0.15, 0.2) is 35.5 Å². The standard InChI is InChI=1S/C15H22N4/c1-11(2)19-15(16-3)17-9-8-12-10-18-14-7-5-4-6-13(12)14/h4-7,10-11,18H,8-9H2,1-3H3,(H2,16,17,19). The van der Waals surface area contributed by atoms with Crippen LogP contribution < -0.4 is 10.6 Å². The Morgan fingerprint density at radius 1 is 1.32 bits per heavy atom. The normalized spacial score (nSPS) is 12.1. The van der Waals surface area contributed by atoms with Gasteiger partial charge in [0.25, 0.3) is 0 Å². The van der Waals surface area contributed by atoms with Gasteiger partial charge in [0.15, 0.2) is 5.96 Å². The van der Waals surface area contributed by atoms with Crippen molar-refractivity contribution in [3.63, 3.8) is 0 Å². The van der Waals surface area contributed by atoms with Crippen LogP contribution in [0.3, 0.4) is 0 Å². The van der Waals surface area contributed by atoms with E-state index in [1.165, 1.54) is 16.5 Å². The highest BCUT2D eigenvalue weighted by Gasteiger charge is 2.03. The van der Waals surface area contributed by atoms with Crippen molar-refractivity contribution < 1.29 is 0 Å². The molecule has 0 aliphatic carbocycles. The molecular formula is C15H22N4. The number of aromatic nitrogens is 1. The van der Waals surface area contributed by atoms with E-state index in [9.17, 15) is 0 Å². The molecule has 2 aromatic rings. The van der Waals surface area contributed by atoms with Crippen LogP contribution in [0.5, 0.6) is 0 Å². The minimum atomic E-state index is 0.388. The Morgan fingerprint density at radius 2 is 2.11 bits per heavy atom. The van der Waals surface area contributed by atoms with Gasteiger partial charge in [-0.05, 0) is 31.9 Å².